The summed E-state index contributed by atoms with van der Waals surface area (Å²) in [6, 6.07) is 6.66. The zero-order valence-corrected chi connectivity index (χ0v) is 17.7. The van der Waals surface area contributed by atoms with Crippen molar-refractivity contribution >= 4 is 23.8 Å². The summed E-state index contributed by atoms with van der Waals surface area (Å²) in [5.74, 6) is -1.32. The monoisotopic (exact) mass is 415 g/mol. The minimum Gasteiger partial charge on any atom is -0.454 e. The number of nitrogens with one attached hydrogen (secondary N) is 2. The number of urea groups is 1. The molecule has 1 saturated carbocycles. The second kappa shape index (κ2) is 8.85. The maximum atomic E-state index is 12.9. The fourth-order valence-corrected chi connectivity index (χ4v) is 4.02. The topological polar surface area (TPSA) is 105 Å². The quantitative estimate of drug-likeness (QED) is 0.546. The summed E-state index contributed by atoms with van der Waals surface area (Å²) < 4.78 is 5.00. The van der Waals surface area contributed by atoms with Gasteiger partial charge in [0.15, 0.2) is 6.61 Å². The second-order valence-corrected chi connectivity index (χ2v) is 8.41. The summed E-state index contributed by atoms with van der Waals surface area (Å²) >= 11 is 0. The largest absolute Gasteiger partial charge is 0.454 e. The molecule has 0 spiro atoms. The molecule has 0 aromatic heterocycles. The number of carbonyl (C=O) groups excluding carboxylic acids is 4. The number of nitrogens with zero attached hydrogens (tertiary/aromatic N) is 1. The Morgan fingerprint density at radius 1 is 1.20 bits per heavy atom. The molecule has 1 aromatic rings. The molecule has 2 fully saturated rings. The van der Waals surface area contributed by atoms with Crippen LogP contribution in [0.2, 0.25) is 0 Å². The zero-order chi connectivity index (χ0) is 21.9. The van der Waals surface area contributed by atoms with Crippen molar-refractivity contribution in [2.24, 2.45) is 5.92 Å². The molecular formula is C22H29N3O5. The number of amides is 4. The normalized spacial score (nSPS) is 26.3. The van der Waals surface area contributed by atoms with E-state index < -0.39 is 36.6 Å². The van der Waals surface area contributed by atoms with Crippen molar-refractivity contribution in [2.45, 2.75) is 58.0 Å². The Kier molecular flexibility index (Phi) is 6.43. The molecular weight excluding hydrogens is 386 g/mol. The lowest BCUT2D eigenvalue weighted by Gasteiger charge is -2.29. The number of aryl methyl sites for hydroxylation is 1. The minimum absolute atomic E-state index is 0.0890. The van der Waals surface area contributed by atoms with E-state index in [-0.39, 0.29) is 11.9 Å². The average Bonchev–Trinajstić information content (AvgIpc) is 2.92. The molecule has 3 rings (SSSR count). The third-order valence-corrected chi connectivity index (χ3v) is 6.01. The number of ether oxygens (including phenoxy) is 1. The van der Waals surface area contributed by atoms with E-state index in [4.69, 9.17) is 4.74 Å². The van der Waals surface area contributed by atoms with Crippen molar-refractivity contribution in [3.63, 3.8) is 0 Å². The van der Waals surface area contributed by atoms with E-state index in [1.165, 1.54) is 0 Å². The van der Waals surface area contributed by atoms with Crippen molar-refractivity contribution in [1.29, 1.82) is 0 Å². The van der Waals surface area contributed by atoms with Crippen molar-refractivity contribution in [3.05, 3.63) is 35.4 Å². The van der Waals surface area contributed by atoms with Gasteiger partial charge in [-0.1, -0.05) is 49.6 Å². The Labute approximate surface area is 176 Å². The van der Waals surface area contributed by atoms with Crippen molar-refractivity contribution in [3.8, 4) is 0 Å². The molecule has 8 nitrogen and oxygen atoms in total. The van der Waals surface area contributed by atoms with Crippen LogP contribution in [-0.2, 0) is 24.7 Å². The lowest BCUT2D eigenvalue weighted by molar-refractivity contribution is -0.151. The van der Waals surface area contributed by atoms with Crippen LogP contribution in [0.5, 0.6) is 0 Å². The first-order valence-corrected chi connectivity index (χ1v) is 10.4. The zero-order valence-electron chi connectivity index (χ0n) is 17.7. The predicted molar refractivity (Wildman–Crippen MR) is 109 cm³/mol. The van der Waals surface area contributed by atoms with E-state index >= 15 is 0 Å². The van der Waals surface area contributed by atoms with Gasteiger partial charge in [0.05, 0.1) is 0 Å². The van der Waals surface area contributed by atoms with E-state index in [1.807, 2.05) is 19.1 Å². The highest BCUT2D eigenvalue weighted by Crippen LogP contribution is 2.29. The van der Waals surface area contributed by atoms with Gasteiger partial charge in [0.2, 0.25) is 0 Å². The Bertz CT molecular complexity index is 838. The number of rotatable bonds is 6. The molecule has 30 heavy (non-hydrogen) atoms. The molecule has 1 aromatic carbocycles. The molecule has 4 amide bonds. The van der Waals surface area contributed by atoms with Gasteiger partial charge in [0.1, 0.15) is 12.1 Å². The predicted octanol–water partition coefficient (Wildman–Crippen LogP) is 2.00. The Hall–Kier alpha value is -2.90. The molecule has 2 N–H and O–H groups in total. The molecule has 1 aliphatic heterocycles. The minimum atomic E-state index is -1.25. The van der Waals surface area contributed by atoms with E-state index in [2.05, 4.69) is 17.6 Å². The van der Waals surface area contributed by atoms with Crippen LogP contribution in [0.1, 0.15) is 50.7 Å². The fourth-order valence-electron chi connectivity index (χ4n) is 4.02. The van der Waals surface area contributed by atoms with Gasteiger partial charge >= 0.3 is 12.0 Å². The number of benzene rings is 1. The van der Waals surface area contributed by atoms with Gasteiger partial charge in [-0.05, 0) is 38.2 Å². The number of hydrogen-bond acceptors (Lipinski definition) is 5. The maximum absolute atomic E-state index is 12.9. The molecule has 1 heterocycles. The molecule has 3 atom stereocenters. The first-order valence-electron chi connectivity index (χ1n) is 10.4. The molecule has 0 radical (unpaired) electrons. The Morgan fingerprint density at radius 2 is 1.87 bits per heavy atom. The van der Waals surface area contributed by atoms with Crippen LogP contribution in [0, 0.1) is 12.8 Å². The lowest BCUT2D eigenvalue weighted by atomic mass is 9.86. The smallest absolute Gasteiger partial charge is 0.326 e. The summed E-state index contributed by atoms with van der Waals surface area (Å²) in [4.78, 5) is 50.3. The van der Waals surface area contributed by atoms with Crippen LogP contribution < -0.4 is 10.6 Å². The molecule has 2 aliphatic rings. The maximum Gasteiger partial charge on any atom is 0.326 e. The van der Waals surface area contributed by atoms with E-state index in [0.717, 1.165) is 36.1 Å². The van der Waals surface area contributed by atoms with Gasteiger partial charge in [-0.3, -0.25) is 19.3 Å². The SMILES string of the molecule is Cc1ccc([C@]2(C)NC(=O)N(CC(=O)OCC(=O)N[C@H]3CCCC[C@@H]3C)C2=O)cc1. The van der Waals surface area contributed by atoms with E-state index in [1.54, 1.807) is 19.1 Å². The molecule has 0 unspecified atom stereocenters. The average molecular weight is 415 g/mol. The summed E-state index contributed by atoms with van der Waals surface area (Å²) in [6.07, 6.45) is 4.22. The highest BCUT2D eigenvalue weighted by atomic mass is 16.5. The highest BCUT2D eigenvalue weighted by Gasteiger charge is 2.49. The Balaban J connectivity index is 1.53. The number of hydrogen-bond donors (Lipinski definition) is 2. The standard InChI is InChI=1S/C22H29N3O5/c1-14-8-10-16(11-9-14)22(3)20(28)25(21(29)24-22)12-19(27)30-13-18(26)23-17-7-5-4-6-15(17)2/h8-11,15,17H,4-7,12-13H2,1-3H3,(H,23,26)(H,24,29)/t15-,17-,22-/m0/s1. The fraction of sp³-hybridized carbons (Fsp3) is 0.545. The number of esters is 1. The van der Waals surface area contributed by atoms with E-state index in [9.17, 15) is 19.2 Å². The summed E-state index contributed by atoms with van der Waals surface area (Å²) in [6.45, 7) is 4.65. The van der Waals surface area contributed by atoms with Gasteiger partial charge in [-0.15, -0.1) is 0 Å². The van der Waals surface area contributed by atoms with Crippen LogP contribution >= 0.6 is 0 Å². The molecule has 1 saturated heterocycles. The first kappa shape index (κ1) is 21.8. The summed E-state index contributed by atoms with van der Waals surface area (Å²) in [5.41, 5.74) is 0.406. The van der Waals surface area contributed by atoms with E-state index in [0.29, 0.717) is 11.5 Å². The molecule has 162 valence electrons. The van der Waals surface area contributed by atoms with Gasteiger partial charge in [0.25, 0.3) is 11.8 Å². The van der Waals surface area contributed by atoms with Gasteiger partial charge in [-0.25, -0.2) is 4.79 Å². The Morgan fingerprint density at radius 3 is 2.53 bits per heavy atom. The summed E-state index contributed by atoms with van der Waals surface area (Å²) in [5, 5.41) is 5.54. The van der Waals surface area contributed by atoms with Gasteiger partial charge < -0.3 is 15.4 Å². The van der Waals surface area contributed by atoms with Crippen molar-refractivity contribution < 1.29 is 23.9 Å². The third kappa shape index (κ3) is 4.63. The van der Waals surface area contributed by atoms with Gasteiger partial charge in [0, 0.05) is 6.04 Å². The summed E-state index contributed by atoms with van der Waals surface area (Å²) in [7, 11) is 0. The lowest BCUT2D eigenvalue weighted by Crippen LogP contribution is -2.44. The third-order valence-electron chi connectivity index (χ3n) is 6.01. The van der Waals surface area contributed by atoms with Crippen LogP contribution in [0.15, 0.2) is 24.3 Å². The van der Waals surface area contributed by atoms with Crippen LogP contribution in [-0.4, -0.2) is 47.9 Å². The second-order valence-electron chi connectivity index (χ2n) is 8.41. The van der Waals surface area contributed by atoms with Crippen molar-refractivity contribution in [2.75, 3.05) is 13.2 Å². The van der Waals surface area contributed by atoms with Crippen LogP contribution in [0.25, 0.3) is 0 Å². The van der Waals surface area contributed by atoms with Gasteiger partial charge in [-0.2, -0.15) is 0 Å². The number of carbonyl (C=O) groups is 4. The molecule has 0 bridgehead atoms. The van der Waals surface area contributed by atoms with Crippen LogP contribution in [0.4, 0.5) is 4.79 Å². The number of imide groups is 1. The highest BCUT2D eigenvalue weighted by molar-refractivity contribution is 6.08. The van der Waals surface area contributed by atoms with Crippen molar-refractivity contribution in [1.82, 2.24) is 15.5 Å². The molecule has 8 heteroatoms. The van der Waals surface area contributed by atoms with Crippen LogP contribution in [0.3, 0.4) is 0 Å². The molecule has 1 aliphatic carbocycles. The first-order chi connectivity index (χ1) is 14.2.